The molecule has 3 rings (SSSR count). The monoisotopic (exact) mass is 318 g/mol. The van der Waals surface area contributed by atoms with Gasteiger partial charge in [-0.05, 0) is 52.2 Å². The maximum atomic E-state index is 12.8. The SMILES string of the molecule is C[C@@H]1CCC[C@H](C)N1C(=O)[C@@H](C)Sc1nnc2ccccn12. The third-order valence-corrected chi connectivity index (χ3v) is 5.40. The molecule has 0 saturated carbocycles. The Kier molecular flexibility index (Phi) is 4.38. The molecule has 118 valence electrons. The molecule has 2 aromatic rings. The van der Waals surface area contributed by atoms with Gasteiger partial charge in [-0.1, -0.05) is 17.8 Å². The number of hydrogen-bond acceptors (Lipinski definition) is 4. The van der Waals surface area contributed by atoms with Crippen molar-refractivity contribution >= 4 is 23.3 Å². The number of thioether (sulfide) groups is 1. The van der Waals surface area contributed by atoms with E-state index in [1.165, 1.54) is 18.2 Å². The van der Waals surface area contributed by atoms with Gasteiger partial charge in [0.25, 0.3) is 0 Å². The third-order valence-electron chi connectivity index (χ3n) is 4.36. The van der Waals surface area contributed by atoms with Crippen LogP contribution in [0, 0.1) is 0 Å². The van der Waals surface area contributed by atoms with Crippen LogP contribution < -0.4 is 0 Å². The second-order valence-electron chi connectivity index (χ2n) is 6.05. The summed E-state index contributed by atoms with van der Waals surface area (Å²) in [6, 6.07) is 6.45. The number of carbonyl (C=O) groups excluding carboxylic acids is 1. The average molecular weight is 318 g/mol. The van der Waals surface area contributed by atoms with Gasteiger partial charge in [0.15, 0.2) is 10.8 Å². The molecule has 3 heterocycles. The Hall–Kier alpha value is -1.56. The number of pyridine rings is 1. The van der Waals surface area contributed by atoms with Crippen LogP contribution in [-0.2, 0) is 4.79 Å². The lowest BCUT2D eigenvalue weighted by atomic mass is 9.97. The van der Waals surface area contributed by atoms with Crippen molar-refractivity contribution in [2.45, 2.75) is 62.5 Å². The van der Waals surface area contributed by atoms with E-state index in [-0.39, 0.29) is 11.2 Å². The summed E-state index contributed by atoms with van der Waals surface area (Å²) in [4.78, 5) is 14.9. The van der Waals surface area contributed by atoms with Gasteiger partial charge in [-0.2, -0.15) is 0 Å². The smallest absolute Gasteiger partial charge is 0.236 e. The topological polar surface area (TPSA) is 50.5 Å². The standard InChI is InChI=1S/C16H22N4OS/c1-11-7-6-8-12(2)20(11)15(21)13(3)22-16-18-17-14-9-4-5-10-19(14)16/h4-5,9-13H,6-8H2,1-3H3/t11-,12+,13-/m1/s1. The number of aromatic nitrogens is 3. The van der Waals surface area contributed by atoms with Gasteiger partial charge in [0.05, 0.1) is 5.25 Å². The fourth-order valence-electron chi connectivity index (χ4n) is 3.17. The van der Waals surface area contributed by atoms with Crippen molar-refractivity contribution in [3.63, 3.8) is 0 Å². The average Bonchev–Trinajstić information content (AvgIpc) is 2.90. The number of piperidine rings is 1. The number of carbonyl (C=O) groups is 1. The zero-order valence-electron chi connectivity index (χ0n) is 13.3. The van der Waals surface area contributed by atoms with Crippen molar-refractivity contribution in [3.8, 4) is 0 Å². The molecular weight excluding hydrogens is 296 g/mol. The normalized spacial score (nSPS) is 23.7. The molecule has 0 unspecified atom stereocenters. The van der Waals surface area contributed by atoms with Gasteiger partial charge in [-0.15, -0.1) is 10.2 Å². The molecular formula is C16H22N4OS. The molecule has 6 heteroatoms. The van der Waals surface area contributed by atoms with Gasteiger partial charge in [-0.3, -0.25) is 9.20 Å². The molecule has 0 radical (unpaired) electrons. The fourth-order valence-corrected chi connectivity index (χ4v) is 4.07. The van der Waals surface area contributed by atoms with Crippen molar-refractivity contribution in [3.05, 3.63) is 24.4 Å². The van der Waals surface area contributed by atoms with Crippen molar-refractivity contribution in [1.29, 1.82) is 0 Å². The summed E-state index contributed by atoms with van der Waals surface area (Å²) in [5, 5.41) is 8.96. The van der Waals surface area contributed by atoms with E-state index in [2.05, 4.69) is 28.9 Å². The van der Waals surface area contributed by atoms with Gasteiger partial charge in [0, 0.05) is 18.3 Å². The van der Waals surface area contributed by atoms with Gasteiger partial charge in [0.2, 0.25) is 5.91 Å². The van der Waals surface area contributed by atoms with Gasteiger partial charge in [-0.25, -0.2) is 0 Å². The highest BCUT2D eigenvalue weighted by atomic mass is 32.2. The van der Waals surface area contributed by atoms with Crippen LogP contribution in [0.5, 0.6) is 0 Å². The van der Waals surface area contributed by atoms with E-state index in [1.54, 1.807) is 0 Å². The first kappa shape index (κ1) is 15.3. The number of hydrogen-bond donors (Lipinski definition) is 0. The van der Waals surface area contributed by atoms with E-state index in [0.29, 0.717) is 12.1 Å². The molecule has 1 fully saturated rings. The van der Waals surface area contributed by atoms with Crippen molar-refractivity contribution < 1.29 is 4.79 Å². The summed E-state index contributed by atoms with van der Waals surface area (Å²) in [5.41, 5.74) is 0.810. The van der Waals surface area contributed by atoms with Gasteiger partial charge >= 0.3 is 0 Å². The summed E-state index contributed by atoms with van der Waals surface area (Å²) in [6.07, 6.45) is 5.34. The van der Waals surface area contributed by atoms with Crippen LogP contribution in [0.2, 0.25) is 0 Å². The quantitative estimate of drug-likeness (QED) is 0.816. The minimum Gasteiger partial charge on any atom is -0.336 e. The molecule has 5 nitrogen and oxygen atoms in total. The molecule has 1 amide bonds. The van der Waals surface area contributed by atoms with Crippen molar-refractivity contribution in [1.82, 2.24) is 19.5 Å². The van der Waals surface area contributed by atoms with E-state index in [0.717, 1.165) is 23.6 Å². The van der Waals surface area contributed by atoms with E-state index >= 15 is 0 Å². The Labute approximate surface area is 135 Å². The lowest BCUT2D eigenvalue weighted by Crippen LogP contribution is -2.50. The highest BCUT2D eigenvalue weighted by Crippen LogP contribution is 2.28. The Bertz CT molecular complexity index is 661. The summed E-state index contributed by atoms with van der Waals surface area (Å²) in [5.74, 6) is 0.206. The van der Waals surface area contributed by atoms with Crippen LogP contribution in [0.3, 0.4) is 0 Å². The van der Waals surface area contributed by atoms with Crippen LogP contribution in [0.4, 0.5) is 0 Å². The summed E-state index contributed by atoms with van der Waals surface area (Å²) >= 11 is 1.48. The first-order chi connectivity index (χ1) is 10.6. The molecule has 0 N–H and O–H groups in total. The molecule has 1 saturated heterocycles. The summed E-state index contributed by atoms with van der Waals surface area (Å²) in [7, 11) is 0. The van der Waals surface area contributed by atoms with Crippen LogP contribution >= 0.6 is 11.8 Å². The summed E-state index contributed by atoms with van der Waals surface area (Å²) < 4.78 is 1.93. The Morgan fingerprint density at radius 1 is 1.27 bits per heavy atom. The lowest BCUT2D eigenvalue weighted by molar-refractivity contribution is -0.136. The summed E-state index contributed by atoms with van der Waals surface area (Å²) in [6.45, 7) is 6.26. The molecule has 22 heavy (non-hydrogen) atoms. The van der Waals surface area contributed by atoms with Crippen LogP contribution in [0.1, 0.15) is 40.0 Å². The van der Waals surface area contributed by atoms with Crippen molar-refractivity contribution in [2.75, 3.05) is 0 Å². The first-order valence-electron chi connectivity index (χ1n) is 7.86. The number of rotatable bonds is 3. The maximum Gasteiger partial charge on any atom is 0.236 e. The largest absolute Gasteiger partial charge is 0.336 e. The molecule has 3 atom stereocenters. The molecule has 1 aliphatic heterocycles. The number of nitrogens with zero attached hydrogens (tertiary/aromatic N) is 4. The van der Waals surface area contributed by atoms with Crippen molar-refractivity contribution in [2.24, 2.45) is 0 Å². The minimum absolute atomic E-state index is 0.157. The molecule has 0 bridgehead atoms. The third kappa shape index (κ3) is 2.84. The molecule has 1 aliphatic rings. The molecule has 2 aromatic heterocycles. The second kappa shape index (κ2) is 6.28. The molecule has 0 spiro atoms. The first-order valence-corrected chi connectivity index (χ1v) is 8.74. The second-order valence-corrected chi connectivity index (χ2v) is 7.35. The van der Waals surface area contributed by atoms with E-state index in [9.17, 15) is 4.79 Å². The van der Waals surface area contributed by atoms with E-state index < -0.39 is 0 Å². The van der Waals surface area contributed by atoms with E-state index in [4.69, 9.17) is 0 Å². The van der Waals surface area contributed by atoms with Crippen LogP contribution in [-0.4, -0.2) is 42.7 Å². The van der Waals surface area contributed by atoms with Crippen LogP contribution in [0.15, 0.2) is 29.6 Å². The van der Waals surface area contributed by atoms with Crippen LogP contribution in [0.25, 0.3) is 5.65 Å². The predicted molar refractivity (Wildman–Crippen MR) is 87.9 cm³/mol. The minimum atomic E-state index is -0.157. The Balaban J connectivity index is 1.76. The lowest BCUT2D eigenvalue weighted by Gasteiger charge is -2.40. The number of likely N-dealkylation sites (tertiary alicyclic amines) is 1. The predicted octanol–water partition coefficient (Wildman–Crippen LogP) is 3.00. The van der Waals surface area contributed by atoms with Gasteiger partial charge < -0.3 is 4.90 Å². The number of amides is 1. The maximum absolute atomic E-state index is 12.8. The highest BCUT2D eigenvalue weighted by molar-refractivity contribution is 8.00. The zero-order valence-corrected chi connectivity index (χ0v) is 14.1. The zero-order chi connectivity index (χ0) is 15.7. The van der Waals surface area contributed by atoms with E-state index in [1.807, 2.05) is 35.7 Å². The van der Waals surface area contributed by atoms with Gasteiger partial charge in [0.1, 0.15) is 0 Å². The number of fused-ring (bicyclic) bond motifs is 1. The highest BCUT2D eigenvalue weighted by Gasteiger charge is 2.32. The Morgan fingerprint density at radius 2 is 2.00 bits per heavy atom. The fraction of sp³-hybridized carbons (Fsp3) is 0.562. The molecule has 0 aromatic carbocycles. The molecule has 0 aliphatic carbocycles. The Morgan fingerprint density at radius 3 is 2.73 bits per heavy atom.